The number of aliphatic hydroxyl groups excluding tert-OH is 1. The van der Waals surface area contributed by atoms with Gasteiger partial charge in [-0.05, 0) is 135 Å². The Morgan fingerprint density at radius 1 is 0.602 bits per heavy atom. The molecule has 1 fully saturated rings. The zero-order valence-corrected chi connectivity index (χ0v) is 72.4. The van der Waals surface area contributed by atoms with Crippen molar-refractivity contribution in [1.82, 2.24) is 40.8 Å². The maximum Gasteiger partial charge on any atom is 0.338 e. The summed E-state index contributed by atoms with van der Waals surface area (Å²) in [6.07, 6.45) is 5.35. The number of halogens is 12. The number of esters is 4. The largest absolute Gasteiger partial charge is 0.466 e. The molecular weight excluding hydrogens is 1910 g/mol. The fourth-order valence-electron chi connectivity index (χ4n) is 10.4. The molecule has 24 nitrogen and oxygen atoms in total. The predicted molar refractivity (Wildman–Crippen MR) is 440 cm³/mol. The molecule has 40 heteroatoms. The number of likely N-dealkylation sites (tertiary alicyclic amines) is 1. The van der Waals surface area contributed by atoms with Crippen molar-refractivity contribution in [2.24, 2.45) is 20.7 Å². The van der Waals surface area contributed by atoms with E-state index in [1.54, 1.807) is 82.3 Å². The number of hydrogen-bond acceptors (Lipinski definition) is 27. The number of rotatable bonds is 20. The number of nitrogens with two attached hydrogens (primary N) is 1. The van der Waals surface area contributed by atoms with Gasteiger partial charge in [-0.25, -0.2) is 60.7 Å². The number of ketones is 1. The van der Waals surface area contributed by atoms with Gasteiger partial charge < -0.3 is 45.7 Å². The van der Waals surface area contributed by atoms with Crippen molar-refractivity contribution in [2.45, 2.75) is 84.5 Å². The van der Waals surface area contributed by atoms with Gasteiger partial charge >= 0.3 is 23.9 Å². The number of ether oxygens (including phenoxy) is 4. The van der Waals surface area contributed by atoms with Crippen LogP contribution in [0.4, 0.5) is 26.3 Å². The number of hydrogen-bond donors (Lipinski definition) is 6. The second kappa shape index (κ2) is 45.9. The lowest BCUT2D eigenvalue weighted by molar-refractivity contribution is -0.148. The summed E-state index contributed by atoms with van der Waals surface area (Å²) in [4.78, 5) is 101. The monoisotopic (exact) mass is 1980 g/mol. The summed E-state index contributed by atoms with van der Waals surface area (Å²) < 4.78 is 104. The highest BCUT2D eigenvalue weighted by Crippen LogP contribution is 2.41. The van der Waals surface area contributed by atoms with E-state index in [-0.39, 0.29) is 92.8 Å². The third-order valence-electron chi connectivity index (χ3n) is 15.3. The smallest absolute Gasteiger partial charge is 0.338 e. The number of allylic oxidation sites excluding steroid dienone is 2. The number of benzene rings is 4. The summed E-state index contributed by atoms with van der Waals surface area (Å²) in [5.41, 5.74) is 9.96. The number of carbonyl (C=O) groups excluding carboxylic acids is 6. The van der Waals surface area contributed by atoms with Crippen molar-refractivity contribution in [3.05, 3.63) is 236 Å². The molecule has 0 bridgehead atoms. The van der Waals surface area contributed by atoms with E-state index in [4.69, 9.17) is 25.4 Å². The second-order valence-electron chi connectivity index (χ2n) is 23.1. The molecule has 602 valence electrons. The van der Waals surface area contributed by atoms with Crippen LogP contribution in [0.2, 0.25) is 0 Å². The lowest BCUT2D eigenvalue weighted by atomic mass is 9.94. The Hall–Kier alpha value is -8.09. The second-order valence-corrected chi connectivity index (χ2v) is 30.7. The van der Waals surface area contributed by atoms with Crippen molar-refractivity contribution < 1.29 is 79.2 Å². The number of piperidine rings is 1. The number of aromatic nitrogens is 4. The van der Waals surface area contributed by atoms with Crippen LogP contribution in [-0.4, -0.2) is 153 Å². The number of aldehydes is 1. The molecule has 1 saturated heterocycles. The van der Waals surface area contributed by atoms with Gasteiger partial charge in [0.1, 0.15) is 59.7 Å². The van der Waals surface area contributed by atoms with Crippen LogP contribution in [0.3, 0.4) is 0 Å². The van der Waals surface area contributed by atoms with Crippen LogP contribution in [-0.2, 0) is 42.9 Å². The van der Waals surface area contributed by atoms with Crippen molar-refractivity contribution in [2.75, 3.05) is 51.4 Å². The Morgan fingerprint density at radius 3 is 1.35 bits per heavy atom. The molecule has 0 aliphatic carbocycles. The molecule has 0 saturated carbocycles. The summed E-state index contributed by atoms with van der Waals surface area (Å²) in [6.45, 7) is 10.5. The molecule has 4 aliphatic rings. The van der Waals surface area contributed by atoms with Gasteiger partial charge in [0.15, 0.2) is 49.7 Å². The molecule has 7 N–H and O–H groups in total. The van der Waals surface area contributed by atoms with Gasteiger partial charge in [0.2, 0.25) is 0 Å². The summed E-state index contributed by atoms with van der Waals surface area (Å²) in [6, 6.07) is 14.4. The molecule has 4 unspecified atom stereocenters. The maximum absolute atomic E-state index is 14.2. The van der Waals surface area contributed by atoms with Crippen molar-refractivity contribution in [3.63, 3.8) is 0 Å². The first-order valence-corrected chi connectivity index (χ1v) is 41.2. The van der Waals surface area contributed by atoms with Gasteiger partial charge in [-0.1, -0.05) is 81.9 Å². The fourth-order valence-corrected chi connectivity index (χ4v) is 15.2. The molecule has 8 heterocycles. The lowest BCUT2D eigenvalue weighted by Gasteiger charge is -2.37. The van der Waals surface area contributed by atoms with Crippen LogP contribution in [0.15, 0.2) is 186 Å². The van der Waals surface area contributed by atoms with E-state index in [1.807, 2.05) is 10.8 Å². The van der Waals surface area contributed by atoms with E-state index in [0.29, 0.717) is 124 Å². The van der Waals surface area contributed by atoms with Gasteiger partial charge in [-0.3, -0.25) is 39.7 Å². The quantitative estimate of drug-likeness (QED) is 0.00603. The number of aliphatic imine (C=N–C) groups is 3. The van der Waals surface area contributed by atoms with Crippen molar-refractivity contribution in [1.29, 1.82) is 5.41 Å². The minimum atomic E-state index is -3.27. The number of thiazole rings is 4. The van der Waals surface area contributed by atoms with Crippen LogP contribution >= 0.6 is 137 Å². The molecule has 4 atom stereocenters. The highest BCUT2D eigenvalue weighted by molar-refractivity contribution is 9.11. The summed E-state index contributed by atoms with van der Waals surface area (Å²) >= 11 is 22.1. The molecule has 0 amide bonds. The molecule has 0 radical (unpaired) electrons. The van der Waals surface area contributed by atoms with Crippen LogP contribution in [0.5, 0.6) is 0 Å². The van der Waals surface area contributed by atoms with Crippen LogP contribution in [0, 0.1) is 28.7 Å². The molecular formula is C73H71Br5ClF6N13O11S4. The Balaban J connectivity index is 0.000000227. The van der Waals surface area contributed by atoms with E-state index in [0.717, 1.165) is 0 Å². The maximum atomic E-state index is 14.2. The van der Waals surface area contributed by atoms with E-state index in [2.05, 4.69) is 135 Å². The van der Waals surface area contributed by atoms with Crippen LogP contribution in [0.1, 0.15) is 120 Å². The predicted octanol–water partition coefficient (Wildman–Crippen LogP) is 15.8. The molecule has 4 aliphatic heterocycles. The summed E-state index contributed by atoms with van der Waals surface area (Å²) in [7, 11) is 0. The summed E-state index contributed by atoms with van der Waals surface area (Å²) in [5.74, 6) is -5.46. The first kappa shape index (κ1) is 93.8. The Bertz CT molecular complexity index is 4840. The van der Waals surface area contributed by atoms with E-state index >= 15 is 0 Å². The average Bonchev–Trinajstić information content (AvgIpc) is 1.60. The average molecular weight is 1980 g/mol. The van der Waals surface area contributed by atoms with Crippen molar-refractivity contribution in [3.8, 4) is 0 Å². The number of aliphatic hydroxyl groups is 1. The van der Waals surface area contributed by atoms with Crippen molar-refractivity contribution >= 4 is 197 Å². The normalized spacial score (nSPS) is 16.7. The zero-order chi connectivity index (χ0) is 81.9. The molecule has 8 aromatic rings. The molecule has 0 spiro atoms. The number of nitrogen functional groups attached to an aromatic ring is 1. The number of alkyl halides is 3. The summed E-state index contributed by atoms with van der Waals surface area (Å²) in [5, 5.41) is 36.1. The molecule has 4 aromatic carbocycles. The minimum Gasteiger partial charge on any atom is -0.466 e. The highest BCUT2D eigenvalue weighted by atomic mass is 79.9. The minimum absolute atomic E-state index is 0. The first-order valence-electron chi connectivity index (χ1n) is 33.4. The number of Topliss-reactive ketones (excluding diaryl/α,β-unsaturated/α-hetero) is 1. The van der Waals surface area contributed by atoms with Gasteiger partial charge in [-0.2, -0.15) is 0 Å². The third kappa shape index (κ3) is 27.0. The first-order chi connectivity index (χ1) is 53.4. The number of amidine groups is 4. The van der Waals surface area contributed by atoms with E-state index < -0.39 is 66.4 Å². The van der Waals surface area contributed by atoms with Gasteiger partial charge in [0, 0.05) is 105 Å². The van der Waals surface area contributed by atoms with E-state index in [1.165, 1.54) is 118 Å². The van der Waals surface area contributed by atoms with E-state index in [9.17, 15) is 60.2 Å². The van der Waals surface area contributed by atoms with Gasteiger partial charge in [-0.15, -0.1) is 57.8 Å². The molecule has 12 rings (SSSR count). The number of nitrogens with one attached hydrogen (secondary N) is 4. The SMILES string of the molecule is CCOC(=O)C1=C(C)NC(c2nccs2)=NC1c1ccc(F)cc1Br.CCOC(=O)C1=C(CBr)NC(c2nccs2)=NC1c1ccc(F)cc1Br.CCOC(=O)C1=C(CN2CCC(O)C(F)(F)C2)NC(c2nccs2)=NC1c1ccc(F)cc1Br.CCOC(=O)CC(C)=O.Cl.N=C(N)c1nccs1.O=Cc1ccc(F)cc1Br. The Labute approximate surface area is 709 Å². The van der Waals surface area contributed by atoms with Crippen LogP contribution < -0.4 is 21.7 Å². The molecule has 4 aromatic heterocycles. The van der Waals surface area contributed by atoms with Gasteiger partial charge in [0.05, 0.1) is 49.7 Å². The highest BCUT2D eigenvalue weighted by Gasteiger charge is 2.45. The molecule has 113 heavy (non-hydrogen) atoms. The number of carbonyl (C=O) groups is 6. The topological polar surface area (TPSA) is 337 Å². The van der Waals surface area contributed by atoms with Crippen LogP contribution in [0.25, 0.3) is 0 Å². The Kier molecular flexibility index (Phi) is 38.1. The Morgan fingerprint density at radius 2 is 0.991 bits per heavy atom. The van der Waals surface area contributed by atoms with Gasteiger partial charge in [0.25, 0.3) is 5.92 Å². The standard InChI is InChI=1S/C22H22BrF3N4O3S.C17H14Br2FN3O2S.C17H15BrFN3O2S.C7H4BrFO.C6H10O3.C4H5N3S.ClH/c1-2-33-21(32)17-15(10-30-7-5-16(31)22(25,26)11-30)28-19(20-27-6-8-34-20)29-18(17)13-4-3-12(24)9-14(13)23;1-2-25-17(24)13-12(8-18)22-15(16-21-5-6-26-16)23-14(13)10-4-3-9(20)7-11(10)19;1-3-24-17(23)13-9(2)21-15(16-20-6-7-25-16)22-14(13)11-5-4-10(19)8-12(11)18;8-7-3-6(9)2-1-5(7)4-10;1-3-9-6(8)4-5(2)7;5-3(6)4-7-1-2-8-4;/h3-4,6,8-9,16,18,31H,2,5,7,10-11H2,1H3,(H,28,29);3-7,14H,2,8H2,1H3,(H,22,23);4-8,14H,3H2,1-2H3,(H,21,22);1-4H;3-4H2,1-2H3;1-2H,(H3,5,6);1H. The third-order valence-corrected chi connectivity index (χ3v) is 21.7. The zero-order valence-electron chi connectivity index (χ0n) is 60.4. The number of nitrogens with zero attached hydrogens (tertiary/aromatic N) is 8. The fraction of sp³-hybridized carbons (Fsp3) is 0.288. The lowest BCUT2D eigenvalue weighted by Crippen LogP contribution is -2.53.